The molecule has 1 aliphatic carbocycles. The molecule has 1 fully saturated rings. The van der Waals surface area contributed by atoms with Gasteiger partial charge in [-0.15, -0.1) is 0 Å². The third-order valence-corrected chi connectivity index (χ3v) is 4.61. The van der Waals surface area contributed by atoms with Crippen LogP contribution in [0.2, 0.25) is 0 Å². The van der Waals surface area contributed by atoms with Crippen molar-refractivity contribution in [3.05, 3.63) is 58.2 Å². The molecule has 0 saturated heterocycles. The van der Waals surface area contributed by atoms with Crippen LogP contribution in [0.15, 0.2) is 35.4 Å². The van der Waals surface area contributed by atoms with E-state index in [2.05, 4.69) is 92.7 Å². The smallest absolute Gasteiger partial charge is 0 e. The summed E-state index contributed by atoms with van der Waals surface area (Å²) in [5, 5.41) is 0. The Morgan fingerprint density at radius 3 is 1.25 bits per heavy atom. The fourth-order valence-corrected chi connectivity index (χ4v) is 2.57. The molecular formula is C27H51SY4-. The topological polar surface area (TPSA) is 0 Å². The van der Waals surface area contributed by atoms with Crippen LogP contribution in [0.25, 0.3) is 0 Å². The number of hydrogen-bond acceptors (Lipinski definition) is 0. The zero-order chi connectivity index (χ0) is 19.4. The number of benzene rings is 1. The molecule has 0 nitrogen and oxygen atoms in total. The molecule has 178 valence electrons. The fraction of sp³-hybridized carbons (Fsp3) is 0.630. The van der Waals surface area contributed by atoms with Gasteiger partial charge >= 0.3 is 0 Å². The minimum absolute atomic E-state index is 0. The second-order valence-corrected chi connectivity index (χ2v) is 8.30. The maximum atomic E-state index is 3.24. The molecule has 5 heteroatoms. The molecular weight excluding hydrogens is 712 g/mol. The van der Waals surface area contributed by atoms with Crippen molar-refractivity contribution < 1.29 is 131 Å². The van der Waals surface area contributed by atoms with E-state index in [9.17, 15) is 0 Å². The SMILES string of the molecule is C.C.CC(C)=CC=C(C)C.CC1CCC(C)CC1.Cc1[c-]c(C)c(C)cc1.S.[Y].[Y].[Y].[Y]. The predicted octanol–water partition coefficient (Wildman–Crippen LogP) is 9.54. The first-order chi connectivity index (χ1) is 11.6. The van der Waals surface area contributed by atoms with Gasteiger partial charge in [0.1, 0.15) is 0 Å². The Kier molecular flexibility index (Phi) is 60.2. The van der Waals surface area contributed by atoms with Crippen LogP contribution in [0.1, 0.15) is 98.8 Å². The molecule has 1 saturated carbocycles. The zero-order valence-corrected chi connectivity index (χ0v) is 33.5. The second kappa shape index (κ2) is 34.5. The van der Waals surface area contributed by atoms with Crippen molar-refractivity contribution in [1.82, 2.24) is 0 Å². The summed E-state index contributed by atoms with van der Waals surface area (Å²) in [5.74, 6) is 2.04. The van der Waals surface area contributed by atoms with Crippen molar-refractivity contribution >= 4 is 13.5 Å². The quantitative estimate of drug-likeness (QED) is 0.198. The van der Waals surface area contributed by atoms with Gasteiger partial charge in [-0.05, 0) is 39.5 Å². The third kappa shape index (κ3) is 35.6. The molecule has 0 heterocycles. The van der Waals surface area contributed by atoms with Crippen molar-refractivity contribution in [2.75, 3.05) is 0 Å². The first-order valence-corrected chi connectivity index (χ1v) is 9.86. The molecule has 0 spiro atoms. The van der Waals surface area contributed by atoms with Crippen molar-refractivity contribution in [3.8, 4) is 0 Å². The molecule has 1 aromatic rings. The Morgan fingerprint density at radius 1 is 0.719 bits per heavy atom. The fourth-order valence-electron chi connectivity index (χ4n) is 2.57. The molecule has 0 unspecified atom stereocenters. The first-order valence-electron chi connectivity index (χ1n) is 9.86. The first kappa shape index (κ1) is 55.8. The second-order valence-electron chi connectivity index (χ2n) is 8.30. The van der Waals surface area contributed by atoms with Gasteiger partial charge in [-0.1, -0.05) is 98.5 Å². The van der Waals surface area contributed by atoms with Crippen LogP contribution in [0.4, 0.5) is 0 Å². The normalized spacial score (nSPS) is 14.7. The average molecular weight is 763 g/mol. The summed E-state index contributed by atoms with van der Waals surface area (Å²) in [6.07, 6.45) is 10.1. The van der Waals surface area contributed by atoms with Gasteiger partial charge in [-0.25, -0.2) is 0 Å². The molecule has 0 amide bonds. The van der Waals surface area contributed by atoms with Gasteiger partial charge in [-0.2, -0.15) is 48.4 Å². The molecule has 0 aromatic heterocycles. The van der Waals surface area contributed by atoms with Gasteiger partial charge in [0.2, 0.25) is 0 Å². The van der Waals surface area contributed by atoms with Crippen LogP contribution in [-0.4, -0.2) is 0 Å². The van der Waals surface area contributed by atoms with E-state index < -0.39 is 0 Å². The van der Waals surface area contributed by atoms with Crippen molar-refractivity contribution in [1.29, 1.82) is 0 Å². The van der Waals surface area contributed by atoms with E-state index in [1.807, 2.05) is 0 Å². The van der Waals surface area contributed by atoms with E-state index in [0.717, 1.165) is 11.8 Å². The van der Waals surface area contributed by atoms with Crippen LogP contribution < -0.4 is 0 Å². The molecule has 0 N–H and O–H groups in total. The van der Waals surface area contributed by atoms with Crippen molar-refractivity contribution in [3.63, 3.8) is 0 Å². The van der Waals surface area contributed by atoms with Crippen LogP contribution in [-0.2, 0) is 131 Å². The standard InChI is InChI=1S/C9H11.C8H16.C8H14.2CH4.H2S.4Y/c1-7-4-5-8(2)9(3)6-7;1-7-3-5-8(2)6-4-7;1-7(2)5-6-8(3)4;;;;;;;/h4-5H,1-3H3;7-8H,3-6H2,1-2H3;5-6H,1-4H3;2*1H4;1H2;;;;/q-1;;;;;;;;;. The summed E-state index contributed by atoms with van der Waals surface area (Å²) < 4.78 is 0. The Labute approximate surface area is 311 Å². The van der Waals surface area contributed by atoms with Gasteiger partial charge in [0, 0.05) is 131 Å². The van der Waals surface area contributed by atoms with Crippen molar-refractivity contribution in [2.24, 2.45) is 11.8 Å². The summed E-state index contributed by atoms with van der Waals surface area (Å²) >= 11 is 0. The van der Waals surface area contributed by atoms with Gasteiger partial charge in [-0.3, -0.25) is 0 Å². The van der Waals surface area contributed by atoms with Crippen LogP contribution in [0, 0.1) is 38.7 Å². The largest absolute Gasteiger partial charge is 0.197 e. The third-order valence-electron chi connectivity index (χ3n) is 4.61. The zero-order valence-electron chi connectivity index (χ0n) is 21.1. The minimum atomic E-state index is 0. The maximum absolute atomic E-state index is 3.24. The molecule has 0 atom stereocenters. The minimum Gasteiger partial charge on any atom is -0.197 e. The van der Waals surface area contributed by atoms with Gasteiger partial charge in [0.25, 0.3) is 0 Å². The van der Waals surface area contributed by atoms with Gasteiger partial charge in [0.15, 0.2) is 0 Å². The van der Waals surface area contributed by atoms with E-state index in [-0.39, 0.29) is 159 Å². The van der Waals surface area contributed by atoms with E-state index in [1.165, 1.54) is 53.5 Å². The molecule has 4 radical (unpaired) electrons. The van der Waals surface area contributed by atoms with Gasteiger partial charge in [0.05, 0.1) is 0 Å². The Balaban J connectivity index is -0.0000000407. The van der Waals surface area contributed by atoms with Crippen LogP contribution >= 0.6 is 13.5 Å². The summed E-state index contributed by atoms with van der Waals surface area (Å²) in [7, 11) is 0. The molecule has 2 rings (SSSR count). The average Bonchev–Trinajstić information content (AvgIpc) is 2.53. The summed E-state index contributed by atoms with van der Waals surface area (Å²) in [6.45, 7) is 19.4. The van der Waals surface area contributed by atoms with Crippen LogP contribution in [0.5, 0.6) is 0 Å². The Morgan fingerprint density at radius 2 is 1.03 bits per heavy atom. The monoisotopic (exact) mass is 763 g/mol. The van der Waals surface area contributed by atoms with E-state index in [4.69, 9.17) is 0 Å². The molecule has 32 heavy (non-hydrogen) atoms. The number of aryl methyl sites for hydroxylation is 3. The maximum Gasteiger partial charge on any atom is 0 e. The summed E-state index contributed by atoms with van der Waals surface area (Å²) in [4.78, 5) is 0. The predicted molar refractivity (Wildman–Crippen MR) is 139 cm³/mol. The molecule has 0 bridgehead atoms. The number of rotatable bonds is 1. The number of hydrogen-bond donors (Lipinski definition) is 0. The van der Waals surface area contributed by atoms with E-state index in [0.29, 0.717) is 0 Å². The van der Waals surface area contributed by atoms with Crippen molar-refractivity contribution in [2.45, 2.75) is 103 Å². The molecule has 1 aromatic carbocycles. The summed E-state index contributed by atoms with van der Waals surface area (Å²) in [5.41, 5.74) is 6.51. The van der Waals surface area contributed by atoms with Crippen LogP contribution in [0.3, 0.4) is 0 Å². The molecule has 0 aliphatic heterocycles. The van der Waals surface area contributed by atoms with Gasteiger partial charge < -0.3 is 0 Å². The van der Waals surface area contributed by atoms with E-state index >= 15 is 0 Å². The Hall–Kier alpha value is 3.47. The Bertz CT molecular complexity index is 527. The summed E-state index contributed by atoms with van der Waals surface area (Å²) in [6, 6.07) is 7.45. The van der Waals surface area contributed by atoms with E-state index in [1.54, 1.807) is 0 Å². The molecule has 1 aliphatic rings. The number of allylic oxidation sites excluding steroid dienone is 4.